The van der Waals surface area contributed by atoms with E-state index in [9.17, 15) is 14.7 Å². The van der Waals surface area contributed by atoms with Crippen LogP contribution >= 0.6 is 11.6 Å². The zero-order valence-corrected chi connectivity index (χ0v) is 17.4. The van der Waals surface area contributed by atoms with Gasteiger partial charge in [0.25, 0.3) is 5.56 Å². The molecule has 3 aromatic rings. The van der Waals surface area contributed by atoms with Crippen molar-refractivity contribution in [2.75, 3.05) is 19.0 Å². The summed E-state index contributed by atoms with van der Waals surface area (Å²) in [6.07, 6.45) is 0.160. The van der Waals surface area contributed by atoms with Crippen molar-refractivity contribution in [3.8, 4) is 17.1 Å². The average molecular weight is 428 g/mol. The molecule has 0 spiro atoms. The zero-order valence-electron chi connectivity index (χ0n) is 16.7. The second-order valence-electron chi connectivity index (χ2n) is 6.65. The topological polar surface area (TPSA) is 93.4 Å². The smallest absolute Gasteiger partial charge is 0.257 e. The molecule has 7 nitrogen and oxygen atoms in total. The molecule has 0 radical (unpaired) electrons. The van der Waals surface area contributed by atoms with Crippen molar-refractivity contribution in [2.45, 2.75) is 19.9 Å². The Morgan fingerprint density at radius 1 is 1.23 bits per heavy atom. The highest BCUT2D eigenvalue weighted by molar-refractivity contribution is 6.30. The summed E-state index contributed by atoms with van der Waals surface area (Å²) in [7, 11) is 1.56. The molecule has 0 unspecified atom stereocenters. The van der Waals surface area contributed by atoms with E-state index in [0.717, 1.165) is 0 Å². The number of rotatable bonds is 7. The lowest BCUT2D eigenvalue weighted by atomic mass is 10.1. The number of aryl methyl sites for hydroxylation is 1. The molecule has 0 fully saturated rings. The molecule has 8 heteroatoms. The number of aliphatic hydroxyl groups excluding tert-OH is 1. The number of ether oxygens (including phenoxy) is 1. The van der Waals surface area contributed by atoms with Crippen LogP contribution < -0.4 is 15.6 Å². The zero-order chi connectivity index (χ0) is 21.7. The SMILES string of the molecule is COc1ccc(NC(=O)Cn2c(-c3cccc(Cl)c3)nc(C)c(CCO)c2=O)cc1. The monoisotopic (exact) mass is 427 g/mol. The van der Waals surface area contributed by atoms with Crippen LogP contribution in [-0.4, -0.2) is 34.3 Å². The highest BCUT2D eigenvalue weighted by Gasteiger charge is 2.18. The van der Waals surface area contributed by atoms with E-state index in [-0.39, 0.29) is 31.0 Å². The van der Waals surface area contributed by atoms with Crippen LogP contribution in [0.1, 0.15) is 11.3 Å². The van der Waals surface area contributed by atoms with Gasteiger partial charge in [0.2, 0.25) is 5.91 Å². The lowest BCUT2D eigenvalue weighted by molar-refractivity contribution is -0.116. The molecule has 0 aliphatic rings. The number of hydrogen-bond donors (Lipinski definition) is 2. The molecule has 2 N–H and O–H groups in total. The van der Waals surface area contributed by atoms with Crippen LogP contribution in [0.25, 0.3) is 11.4 Å². The van der Waals surface area contributed by atoms with Gasteiger partial charge in [-0.25, -0.2) is 4.98 Å². The first-order chi connectivity index (χ1) is 14.4. The van der Waals surface area contributed by atoms with Gasteiger partial charge in [-0.1, -0.05) is 23.7 Å². The van der Waals surface area contributed by atoms with Crippen LogP contribution in [-0.2, 0) is 17.8 Å². The summed E-state index contributed by atoms with van der Waals surface area (Å²) in [4.78, 5) is 30.3. The summed E-state index contributed by atoms with van der Waals surface area (Å²) < 4.78 is 6.42. The van der Waals surface area contributed by atoms with Crippen molar-refractivity contribution in [3.05, 3.63) is 75.2 Å². The summed E-state index contributed by atoms with van der Waals surface area (Å²) in [6, 6.07) is 13.8. The van der Waals surface area contributed by atoms with E-state index in [1.165, 1.54) is 4.57 Å². The van der Waals surface area contributed by atoms with Crippen LogP contribution in [0, 0.1) is 6.92 Å². The van der Waals surface area contributed by atoms with Gasteiger partial charge in [0, 0.05) is 40.6 Å². The van der Waals surface area contributed by atoms with Crippen molar-refractivity contribution in [3.63, 3.8) is 0 Å². The molecule has 0 atom stereocenters. The predicted molar refractivity (Wildman–Crippen MR) is 116 cm³/mol. The number of carbonyl (C=O) groups is 1. The lowest BCUT2D eigenvalue weighted by Gasteiger charge is -2.16. The third kappa shape index (κ3) is 4.87. The number of nitrogens with one attached hydrogen (secondary N) is 1. The van der Waals surface area contributed by atoms with E-state index in [1.54, 1.807) is 62.6 Å². The van der Waals surface area contributed by atoms with E-state index >= 15 is 0 Å². The fraction of sp³-hybridized carbons (Fsp3) is 0.227. The number of anilines is 1. The van der Waals surface area contributed by atoms with Gasteiger partial charge in [-0.15, -0.1) is 0 Å². The molecule has 30 heavy (non-hydrogen) atoms. The van der Waals surface area contributed by atoms with E-state index in [2.05, 4.69) is 10.3 Å². The van der Waals surface area contributed by atoms with Crippen molar-refractivity contribution in [2.24, 2.45) is 0 Å². The molecule has 1 aromatic heterocycles. The minimum atomic E-state index is -0.383. The van der Waals surface area contributed by atoms with Gasteiger partial charge in [0.15, 0.2) is 0 Å². The van der Waals surface area contributed by atoms with Crippen LogP contribution in [0.15, 0.2) is 53.3 Å². The molecule has 0 saturated carbocycles. The Bertz CT molecular complexity index is 1110. The van der Waals surface area contributed by atoms with Gasteiger partial charge >= 0.3 is 0 Å². The Hall–Kier alpha value is -3.16. The first kappa shape index (κ1) is 21.5. The number of aromatic nitrogens is 2. The predicted octanol–water partition coefficient (Wildman–Crippen LogP) is 3.05. The van der Waals surface area contributed by atoms with Crippen LogP contribution in [0.4, 0.5) is 5.69 Å². The van der Waals surface area contributed by atoms with E-state index in [4.69, 9.17) is 16.3 Å². The summed E-state index contributed by atoms with van der Waals surface area (Å²) in [5.74, 6) is 0.626. The van der Waals surface area contributed by atoms with Crippen LogP contribution in [0.3, 0.4) is 0 Å². The quantitative estimate of drug-likeness (QED) is 0.604. The Kier molecular flexibility index (Phi) is 6.87. The largest absolute Gasteiger partial charge is 0.497 e. The maximum atomic E-state index is 13.1. The first-order valence-electron chi connectivity index (χ1n) is 9.34. The molecule has 0 saturated heterocycles. The van der Waals surface area contributed by atoms with E-state index < -0.39 is 0 Å². The van der Waals surface area contributed by atoms with Gasteiger partial charge in [-0.05, 0) is 43.3 Å². The number of nitrogens with zero attached hydrogens (tertiary/aromatic N) is 2. The van der Waals surface area contributed by atoms with Crippen molar-refractivity contribution < 1.29 is 14.6 Å². The number of benzene rings is 2. The molecule has 1 amide bonds. The summed E-state index contributed by atoms with van der Waals surface area (Å²) in [5.41, 5.74) is 1.72. The van der Waals surface area contributed by atoms with E-state index in [0.29, 0.717) is 39.1 Å². The minimum Gasteiger partial charge on any atom is -0.497 e. The first-order valence-corrected chi connectivity index (χ1v) is 9.71. The van der Waals surface area contributed by atoms with Crippen LogP contribution in [0.2, 0.25) is 5.02 Å². The number of hydrogen-bond acceptors (Lipinski definition) is 5. The van der Waals surface area contributed by atoms with E-state index in [1.807, 2.05) is 0 Å². The van der Waals surface area contributed by atoms with Gasteiger partial charge in [-0.2, -0.15) is 0 Å². The third-order valence-corrected chi connectivity index (χ3v) is 4.82. The molecule has 1 heterocycles. The molecule has 3 rings (SSSR count). The maximum absolute atomic E-state index is 13.1. The fourth-order valence-electron chi connectivity index (χ4n) is 3.11. The van der Waals surface area contributed by atoms with Gasteiger partial charge < -0.3 is 15.2 Å². The lowest BCUT2D eigenvalue weighted by Crippen LogP contribution is -2.33. The number of aliphatic hydroxyl groups is 1. The maximum Gasteiger partial charge on any atom is 0.257 e. The fourth-order valence-corrected chi connectivity index (χ4v) is 3.30. The van der Waals surface area contributed by atoms with Gasteiger partial charge in [0.05, 0.1) is 7.11 Å². The Balaban J connectivity index is 1.99. The average Bonchev–Trinajstić information content (AvgIpc) is 2.73. The molecule has 2 aromatic carbocycles. The highest BCUT2D eigenvalue weighted by atomic mass is 35.5. The number of amides is 1. The summed E-state index contributed by atoms with van der Waals surface area (Å²) >= 11 is 6.11. The second-order valence-corrected chi connectivity index (χ2v) is 7.09. The van der Waals surface area contributed by atoms with Crippen molar-refractivity contribution in [1.82, 2.24) is 9.55 Å². The molecule has 0 aliphatic carbocycles. The highest BCUT2D eigenvalue weighted by Crippen LogP contribution is 2.22. The molecule has 0 aliphatic heterocycles. The Morgan fingerprint density at radius 3 is 2.60 bits per heavy atom. The summed E-state index contributed by atoms with van der Waals surface area (Å²) in [5, 5.41) is 12.6. The number of halogens is 1. The number of carbonyl (C=O) groups excluding carboxylic acids is 1. The molecular formula is C22H22ClN3O4. The Labute approximate surface area is 178 Å². The standard InChI is InChI=1S/C22H22ClN3O4/c1-14-19(10-11-27)22(29)26(21(24-14)15-4-3-5-16(23)12-15)13-20(28)25-17-6-8-18(30-2)9-7-17/h3-9,12,27H,10-11,13H2,1-2H3,(H,25,28). The summed E-state index contributed by atoms with van der Waals surface area (Å²) in [6.45, 7) is 1.28. The van der Waals surface area contributed by atoms with Gasteiger partial charge in [-0.3, -0.25) is 14.2 Å². The van der Waals surface area contributed by atoms with Crippen molar-refractivity contribution in [1.29, 1.82) is 0 Å². The molecule has 156 valence electrons. The number of methoxy groups -OCH3 is 1. The molecular weight excluding hydrogens is 406 g/mol. The van der Waals surface area contributed by atoms with Crippen LogP contribution in [0.5, 0.6) is 5.75 Å². The normalized spacial score (nSPS) is 10.7. The second kappa shape index (κ2) is 9.56. The molecule has 0 bridgehead atoms. The Morgan fingerprint density at radius 2 is 1.97 bits per heavy atom. The van der Waals surface area contributed by atoms with Crippen molar-refractivity contribution >= 4 is 23.2 Å². The minimum absolute atomic E-state index is 0.160. The third-order valence-electron chi connectivity index (χ3n) is 4.59. The van der Waals surface area contributed by atoms with Gasteiger partial charge in [0.1, 0.15) is 18.1 Å².